The number of piperidine rings is 1. The van der Waals surface area contributed by atoms with Gasteiger partial charge in [-0.3, -0.25) is 0 Å². The number of benzene rings is 1. The average Bonchev–Trinajstić information content (AvgIpc) is 2.30. The third-order valence-electron chi connectivity index (χ3n) is 3.32. The van der Waals surface area contributed by atoms with Gasteiger partial charge in [0.1, 0.15) is 5.75 Å². The Morgan fingerprint density at radius 1 is 1.29 bits per heavy atom. The van der Waals surface area contributed by atoms with Crippen molar-refractivity contribution in [2.45, 2.75) is 25.9 Å². The average molecular weight is 241 g/mol. The summed E-state index contributed by atoms with van der Waals surface area (Å²) in [7, 11) is 0. The van der Waals surface area contributed by atoms with E-state index in [1.807, 2.05) is 12.1 Å². The van der Waals surface area contributed by atoms with Crippen LogP contribution < -0.4 is 10.1 Å². The molecule has 1 aliphatic rings. The first-order valence-corrected chi connectivity index (χ1v) is 5.92. The van der Waals surface area contributed by atoms with Crippen LogP contribution in [0, 0.1) is 5.92 Å². The van der Waals surface area contributed by atoms with Crippen LogP contribution >= 0.6 is 0 Å². The van der Waals surface area contributed by atoms with Crippen LogP contribution in [0.25, 0.3) is 0 Å². The van der Waals surface area contributed by atoms with Gasteiger partial charge in [-0.2, -0.15) is 8.78 Å². The topological polar surface area (TPSA) is 21.3 Å². The first kappa shape index (κ1) is 12.3. The van der Waals surface area contributed by atoms with Gasteiger partial charge >= 0.3 is 6.61 Å². The lowest BCUT2D eigenvalue weighted by Gasteiger charge is -2.29. The van der Waals surface area contributed by atoms with Crippen molar-refractivity contribution < 1.29 is 13.5 Å². The highest BCUT2D eigenvalue weighted by Crippen LogP contribution is 2.31. The third-order valence-corrected chi connectivity index (χ3v) is 3.32. The Labute approximate surface area is 100.0 Å². The Morgan fingerprint density at radius 2 is 2.00 bits per heavy atom. The molecule has 0 aliphatic carbocycles. The van der Waals surface area contributed by atoms with Crippen molar-refractivity contribution in [2.24, 2.45) is 5.92 Å². The zero-order chi connectivity index (χ0) is 12.3. The summed E-state index contributed by atoms with van der Waals surface area (Å²) in [6, 6.07) is 7.03. The van der Waals surface area contributed by atoms with Gasteiger partial charge in [0.05, 0.1) is 0 Å². The number of hydrogen-bond acceptors (Lipinski definition) is 2. The molecule has 17 heavy (non-hydrogen) atoms. The van der Waals surface area contributed by atoms with Crippen molar-refractivity contribution in [3.8, 4) is 5.75 Å². The second-order valence-corrected chi connectivity index (χ2v) is 4.52. The van der Waals surface area contributed by atoms with Gasteiger partial charge in [-0.1, -0.05) is 19.1 Å². The van der Waals surface area contributed by atoms with Crippen LogP contribution in [0.15, 0.2) is 24.3 Å². The van der Waals surface area contributed by atoms with E-state index in [-0.39, 0.29) is 5.75 Å². The van der Waals surface area contributed by atoms with Crippen LogP contribution in [0.1, 0.15) is 24.8 Å². The van der Waals surface area contributed by atoms with E-state index >= 15 is 0 Å². The summed E-state index contributed by atoms with van der Waals surface area (Å²) in [5, 5.41) is 3.35. The molecule has 1 N–H and O–H groups in total. The molecule has 1 saturated heterocycles. The first-order chi connectivity index (χ1) is 8.16. The van der Waals surface area contributed by atoms with Crippen molar-refractivity contribution in [1.29, 1.82) is 0 Å². The predicted octanol–water partition coefficient (Wildman–Crippen LogP) is 3.00. The van der Waals surface area contributed by atoms with E-state index < -0.39 is 6.61 Å². The summed E-state index contributed by atoms with van der Waals surface area (Å²) >= 11 is 0. The molecule has 0 radical (unpaired) electrons. The lowest BCUT2D eigenvalue weighted by molar-refractivity contribution is -0.0498. The van der Waals surface area contributed by atoms with Gasteiger partial charge in [-0.05, 0) is 49.0 Å². The number of alkyl halides is 2. The molecule has 1 aromatic carbocycles. The van der Waals surface area contributed by atoms with E-state index in [0.717, 1.165) is 19.5 Å². The van der Waals surface area contributed by atoms with Gasteiger partial charge in [0, 0.05) is 0 Å². The fourth-order valence-corrected chi connectivity index (χ4v) is 2.41. The van der Waals surface area contributed by atoms with Crippen LogP contribution in [0.5, 0.6) is 5.75 Å². The molecule has 0 spiro atoms. The number of nitrogens with one attached hydrogen (secondary N) is 1. The summed E-state index contributed by atoms with van der Waals surface area (Å²) in [5.74, 6) is 1.31. The smallest absolute Gasteiger partial charge is 0.387 e. The van der Waals surface area contributed by atoms with Crippen LogP contribution in [0.4, 0.5) is 8.78 Å². The number of hydrogen-bond donors (Lipinski definition) is 1. The second kappa shape index (κ2) is 5.45. The summed E-state index contributed by atoms with van der Waals surface area (Å²) in [6.07, 6.45) is 1.09. The van der Waals surface area contributed by atoms with Gasteiger partial charge in [-0.15, -0.1) is 0 Å². The molecule has 2 atom stereocenters. The van der Waals surface area contributed by atoms with E-state index in [1.54, 1.807) is 12.1 Å². The molecular weight excluding hydrogens is 224 g/mol. The maximum atomic E-state index is 12.0. The highest BCUT2D eigenvalue weighted by atomic mass is 19.3. The molecule has 0 aromatic heterocycles. The molecule has 2 rings (SSSR count). The zero-order valence-corrected chi connectivity index (χ0v) is 9.83. The summed E-state index contributed by atoms with van der Waals surface area (Å²) in [5.41, 5.74) is 1.21. The first-order valence-electron chi connectivity index (χ1n) is 5.92. The molecule has 0 saturated carbocycles. The Hall–Kier alpha value is -1.16. The third kappa shape index (κ3) is 3.16. The highest BCUT2D eigenvalue weighted by molar-refractivity contribution is 5.30. The standard InChI is InChI=1S/C13H17F2NO/c1-9-8-16-7-6-12(9)10-2-4-11(5-3-10)17-13(14)15/h2-5,9,12-13,16H,6-8H2,1H3/t9-,12+/m1/s1. The van der Waals surface area contributed by atoms with Gasteiger partial charge in [0.2, 0.25) is 0 Å². The van der Waals surface area contributed by atoms with E-state index in [1.165, 1.54) is 5.56 Å². The van der Waals surface area contributed by atoms with Crippen molar-refractivity contribution in [1.82, 2.24) is 5.32 Å². The maximum absolute atomic E-state index is 12.0. The van der Waals surface area contributed by atoms with Crippen molar-refractivity contribution in [3.05, 3.63) is 29.8 Å². The SMILES string of the molecule is C[C@@H]1CNCC[C@@H]1c1ccc(OC(F)F)cc1. The Bertz CT molecular complexity index is 353. The predicted molar refractivity (Wildman–Crippen MR) is 62.5 cm³/mol. The minimum absolute atomic E-state index is 0.227. The van der Waals surface area contributed by atoms with E-state index in [4.69, 9.17) is 0 Å². The summed E-state index contributed by atoms with van der Waals surface area (Å²) in [4.78, 5) is 0. The van der Waals surface area contributed by atoms with Crippen molar-refractivity contribution in [3.63, 3.8) is 0 Å². The van der Waals surface area contributed by atoms with Crippen LogP contribution in [0.3, 0.4) is 0 Å². The highest BCUT2D eigenvalue weighted by Gasteiger charge is 2.22. The summed E-state index contributed by atoms with van der Waals surface area (Å²) in [6.45, 7) is 1.49. The molecule has 2 nitrogen and oxygen atoms in total. The molecule has 0 amide bonds. The second-order valence-electron chi connectivity index (χ2n) is 4.52. The van der Waals surface area contributed by atoms with Gasteiger partial charge < -0.3 is 10.1 Å². The number of halogens is 2. The molecule has 1 aliphatic heterocycles. The lowest BCUT2D eigenvalue weighted by Crippen LogP contribution is -2.33. The normalized spacial score (nSPS) is 24.9. The minimum Gasteiger partial charge on any atom is -0.435 e. The van der Waals surface area contributed by atoms with Crippen LogP contribution in [-0.2, 0) is 0 Å². The molecule has 1 aromatic rings. The van der Waals surface area contributed by atoms with Crippen molar-refractivity contribution in [2.75, 3.05) is 13.1 Å². The number of rotatable bonds is 3. The molecule has 94 valence electrons. The molecule has 1 heterocycles. The van der Waals surface area contributed by atoms with Gasteiger partial charge in [0.15, 0.2) is 0 Å². The summed E-state index contributed by atoms with van der Waals surface area (Å²) < 4.78 is 28.4. The zero-order valence-electron chi connectivity index (χ0n) is 9.83. The van der Waals surface area contributed by atoms with Crippen molar-refractivity contribution >= 4 is 0 Å². The minimum atomic E-state index is -2.75. The quantitative estimate of drug-likeness (QED) is 0.878. The van der Waals surface area contributed by atoms with Gasteiger partial charge in [0.25, 0.3) is 0 Å². The molecule has 1 fully saturated rings. The largest absolute Gasteiger partial charge is 0.435 e. The fraction of sp³-hybridized carbons (Fsp3) is 0.538. The maximum Gasteiger partial charge on any atom is 0.387 e. The fourth-order valence-electron chi connectivity index (χ4n) is 2.41. The molecule has 4 heteroatoms. The van der Waals surface area contributed by atoms with E-state index in [2.05, 4.69) is 17.0 Å². The molecular formula is C13H17F2NO. The lowest BCUT2D eigenvalue weighted by atomic mass is 9.82. The van der Waals surface area contributed by atoms with Gasteiger partial charge in [-0.25, -0.2) is 0 Å². The monoisotopic (exact) mass is 241 g/mol. The number of ether oxygens (including phenoxy) is 1. The van der Waals surface area contributed by atoms with E-state index in [0.29, 0.717) is 11.8 Å². The Balaban J connectivity index is 2.06. The Morgan fingerprint density at radius 3 is 2.59 bits per heavy atom. The molecule has 0 bridgehead atoms. The Kier molecular flexibility index (Phi) is 3.94. The van der Waals surface area contributed by atoms with Crippen LogP contribution in [-0.4, -0.2) is 19.7 Å². The van der Waals surface area contributed by atoms with E-state index in [9.17, 15) is 8.78 Å². The van der Waals surface area contributed by atoms with Crippen LogP contribution in [0.2, 0.25) is 0 Å². The molecule has 0 unspecified atom stereocenters.